The van der Waals surface area contributed by atoms with Gasteiger partial charge in [-0.05, 0) is 47.7 Å². The standard InChI is InChI=1S/C13H19BrFN3O/c14-9-7-12(15)13(18-8-9)17-5-6-19-11-3-1-10(16)2-4-11/h7-8,10-11H,1-6,16H2,(H,17,18). The molecule has 0 aliphatic heterocycles. The minimum Gasteiger partial charge on any atom is -0.376 e. The third kappa shape index (κ3) is 4.71. The normalized spacial score (nSPS) is 23.3. The van der Waals surface area contributed by atoms with Crippen molar-refractivity contribution >= 4 is 21.7 Å². The number of pyridine rings is 1. The Hall–Kier alpha value is -0.720. The van der Waals surface area contributed by atoms with Crippen LogP contribution in [0.25, 0.3) is 0 Å². The summed E-state index contributed by atoms with van der Waals surface area (Å²) in [5.74, 6) is -0.101. The molecule has 2 rings (SSSR count). The lowest BCUT2D eigenvalue weighted by Gasteiger charge is -2.26. The van der Waals surface area contributed by atoms with Crippen molar-refractivity contribution in [2.75, 3.05) is 18.5 Å². The van der Waals surface area contributed by atoms with Crippen LogP contribution in [-0.4, -0.2) is 30.3 Å². The van der Waals surface area contributed by atoms with E-state index in [-0.39, 0.29) is 11.6 Å². The molecule has 0 amide bonds. The Morgan fingerprint density at radius 2 is 2.16 bits per heavy atom. The molecule has 3 N–H and O–H groups in total. The van der Waals surface area contributed by atoms with Crippen LogP contribution in [0.2, 0.25) is 0 Å². The first-order valence-corrected chi connectivity index (χ1v) is 7.36. The van der Waals surface area contributed by atoms with Crippen molar-refractivity contribution in [1.82, 2.24) is 4.98 Å². The first kappa shape index (κ1) is 14.7. The third-order valence-electron chi connectivity index (χ3n) is 3.27. The average Bonchev–Trinajstić information content (AvgIpc) is 2.39. The van der Waals surface area contributed by atoms with Gasteiger partial charge in [-0.1, -0.05) is 0 Å². The van der Waals surface area contributed by atoms with Gasteiger partial charge in [0.25, 0.3) is 0 Å². The zero-order chi connectivity index (χ0) is 13.7. The fourth-order valence-electron chi connectivity index (χ4n) is 2.19. The number of ether oxygens (including phenoxy) is 1. The number of nitrogens with two attached hydrogens (primary N) is 1. The number of anilines is 1. The van der Waals surface area contributed by atoms with Crippen molar-refractivity contribution in [3.8, 4) is 0 Å². The molecule has 0 radical (unpaired) electrons. The highest BCUT2D eigenvalue weighted by molar-refractivity contribution is 9.10. The molecule has 0 aromatic carbocycles. The van der Waals surface area contributed by atoms with Crippen LogP contribution < -0.4 is 11.1 Å². The van der Waals surface area contributed by atoms with E-state index < -0.39 is 0 Å². The van der Waals surface area contributed by atoms with E-state index in [1.54, 1.807) is 6.20 Å². The van der Waals surface area contributed by atoms with E-state index in [4.69, 9.17) is 10.5 Å². The lowest BCUT2D eigenvalue weighted by atomic mass is 9.94. The van der Waals surface area contributed by atoms with E-state index in [0.29, 0.717) is 29.8 Å². The number of halogens is 2. The predicted octanol–water partition coefficient (Wildman–Crippen LogP) is 2.68. The second-order valence-corrected chi connectivity index (χ2v) is 5.73. The van der Waals surface area contributed by atoms with Crippen LogP contribution in [0.3, 0.4) is 0 Å². The quantitative estimate of drug-likeness (QED) is 0.814. The average molecular weight is 332 g/mol. The molecular weight excluding hydrogens is 313 g/mol. The summed E-state index contributed by atoms with van der Waals surface area (Å²) in [7, 11) is 0. The van der Waals surface area contributed by atoms with E-state index in [9.17, 15) is 4.39 Å². The van der Waals surface area contributed by atoms with E-state index in [1.165, 1.54) is 6.07 Å². The lowest BCUT2D eigenvalue weighted by Crippen LogP contribution is -2.31. The van der Waals surface area contributed by atoms with Gasteiger partial charge in [0.2, 0.25) is 0 Å². The molecule has 4 nitrogen and oxygen atoms in total. The zero-order valence-electron chi connectivity index (χ0n) is 10.7. The van der Waals surface area contributed by atoms with Crippen molar-refractivity contribution in [2.24, 2.45) is 5.73 Å². The largest absolute Gasteiger partial charge is 0.376 e. The summed E-state index contributed by atoms with van der Waals surface area (Å²) in [5, 5.41) is 2.93. The molecule has 0 bridgehead atoms. The van der Waals surface area contributed by atoms with E-state index in [0.717, 1.165) is 25.7 Å². The van der Waals surface area contributed by atoms with Crippen LogP contribution in [-0.2, 0) is 4.74 Å². The molecule has 0 atom stereocenters. The third-order valence-corrected chi connectivity index (χ3v) is 3.71. The van der Waals surface area contributed by atoms with Gasteiger partial charge in [-0.2, -0.15) is 0 Å². The Kier molecular flexibility index (Phi) is 5.54. The number of hydrogen-bond acceptors (Lipinski definition) is 4. The van der Waals surface area contributed by atoms with Gasteiger partial charge >= 0.3 is 0 Å². The topological polar surface area (TPSA) is 60.2 Å². The molecule has 19 heavy (non-hydrogen) atoms. The SMILES string of the molecule is NC1CCC(OCCNc2ncc(Br)cc2F)CC1. The summed E-state index contributed by atoms with van der Waals surface area (Å²) >= 11 is 3.17. The minimum atomic E-state index is -0.363. The van der Waals surface area contributed by atoms with Gasteiger partial charge in [0.15, 0.2) is 11.6 Å². The summed E-state index contributed by atoms with van der Waals surface area (Å²) in [4.78, 5) is 3.97. The van der Waals surface area contributed by atoms with Crippen molar-refractivity contribution in [3.63, 3.8) is 0 Å². The van der Waals surface area contributed by atoms with Crippen LogP contribution >= 0.6 is 15.9 Å². The molecule has 1 heterocycles. The lowest BCUT2D eigenvalue weighted by molar-refractivity contribution is 0.0312. The number of nitrogens with zero attached hydrogens (tertiary/aromatic N) is 1. The van der Waals surface area contributed by atoms with Gasteiger partial charge in [-0.25, -0.2) is 9.37 Å². The molecule has 0 saturated heterocycles. The Labute approximate surface area is 121 Å². The maximum Gasteiger partial charge on any atom is 0.166 e. The Morgan fingerprint density at radius 3 is 2.84 bits per heavy atom. The molecule has 0 unspecified atom stereocenters. The number of nitrogens with one attached hydrogen (secondary N) is 1. The molecule has 1 saturated carbocycles. The number of hydrogen-bond donors (Lipinski definition) is 2. The van der Waals surface area contributed by atoms with Gasteiger partial charge in [0.1, 0.15) is 0 Å². The second-order valence-electron chi connectivity index (χ2n) is 4.82. The van der Waals surface area contributed by atoms with E-state index in [1.807, 2.05) is 0 Å². The first-order chi connectivity index (χ1) is 9.15. The van der Waals surface area contributed by atoms with Crippen molar-refractivity contribution in [2.45, 2.75) is 37.8 Å². The Bertz CT molecular complexity index is 411. The molecule has 1 fully saturated rings. The molecule has 1 aromatic rings. The van der Waals surface area contributed by atoms with Gasteiger partial charge in [0, 0.05) is 23.3 Å². The zero-order valence-corrected chi connectivity index (χ0v) is 12.3. The van der Waals surface area contributed by atoms with Crippen molar-refractivity contribution < 1.29 is 9.13 Å². The number of aromatic nitrogens is 1. The highest BCUT2D eigenvalue weighted by atomic mass is 79.9. The maximum atomic E-state index is 13.5. The Balaban J connectivity index is 1.66. The highest BCUT2D eigenvalue weighted by Gasteiger charge is 2.18. The fraction of sp³-hybridized carbons (Fsp3) is 0.615. The van der Waals surface area contributed by atoms with Gasteiger partial charge in [-0.15, -0.1) is 0 Å². The molecular formula is C13H19BrFN3O. The minimum absolute atomic E-state index is 0.262. The van der Waals surface area contributed by atoms with E-state index in [2.05, 4.69) is 26.2 Å². The maximum absolute atomic E-state index is 13.5. The first-order valence-electron chi connectivity index (χ1n) is 6.57. The second kappa shape index (κ2) is 7.17. The summed E-state index contributed by atoms with van der Waals surface area (Å²) in [6.45, 7) is 1.10. The van der Waals surface area contributed by atoms with Crippen LogP contribution in [0.1, 0.15) is 25.7 Å². The molecule has 0 spiro atoms. The predicted molar refractivity (Wildman–Crippen MR) is 76.6 cm³/mol. The summed E-state index contributed by atoms with van der Waals surface area (Å²) < 4.78 is 19.8. The molecule has 1 aliphatic rings. The van der Waals surface area contributed by atoms with Gasteiger partial charge < -0.3 is 15.8 Å². The monoisotopic (exact) mass is 331 g/mol. The van der Waals surface area contributed by atoms with Gasteiger partial charge in [0.05, 0.1) is 12.7 Å². The van der Waals surface area contributed by atoms with Crippen LogP contribution in [0.15, 0.2) is 16.7 Å². The van der Waals surface area contributed by atoms with Crippen LogP contribution in [0.4, 0.5) is 10.2 Å². The molecule has 106 valence electrons. The van der Waals surface area contributed by atoms with E-state index >= 15 is 0 Å². The van der Waals surface area contributed by atoms with Gasteiger partial charge in [-0.3, -0.25) is 0 Å². The summed E-state index contributed by atoms with van der Waals surface area (Å²) in [5.41, 5.74) is 5.83. The Morgan fingerprint density at radius 1 is 1.42 bits per heavy atom. The fourth-order valence-corrected chi connectivity index (χ4v) is 2.50. The molecule has 1 aliphatic carbocycles. The number of rotatable bonds is 5. The highest BCUT2D eigenvalue weighted by Crippen LogP contribution is 2.20. The molecule has 1 aromatic heterocycles. The van der Waals surface area contributed by atoms with Crippen molar-refractivity contribution in [1.29, 1.82) is 0 Å². The van der Waals surface area contributed by atoms with Crippen LogP contribution in [0, 0.1) is 5.82 Å². The molecule has 6 heteroatoms. The smallest absolute Gasteiger partial charge is 0.166 e. The van der Waals surface area contributed by atoms with Crippen molar-refractivity contribution in [3.05, 3.63) is 22.6 Å². The van der Waals surface area contributed by atoms with Crippen LogP contribution in [0.5, 0.6) is 0 Å². The summed E-state index contributed by atoms with van der Waals surface area (Å²) in [6.07, 6.45) is 5.96. The summed E-state index contributed by atoms with van der Waals surface area (Å²) in [6, 6.07) is 1.72.